The third-order valence-electron chi connectivity index (χ3n) is 3.00. The van der Waals surface area contributed by atoms with E-state index in [1.54, 1.807) is 12.1 Å². The van der Waals surface area contributed by atoms with Crippen LogP contribution in [0.15, 0.2) is 23.1 Å². The van der Waals surface area contributed by atoms with Crippen LogP contribution in [0.3, 0.4) is 0 Å². The molecule has 108 valence electrons. The molecule has 1 aromatic carbocycles. The van der Waals surface area contributed by atoms with Crippen LogP contribution in [0.5, 0.6) is 0 Å². The van der Waals surface area contributed by atoms with Gasteiger partial charge in [-0.1, -0.05) is 19.8 Å². The molecule has 0 heterocycles. The van der Waals surface area contributed by atoms with Gasteiger partial charge in [0.15, 0.2) is 0 Å². The van der Waals surface area contributed by atoms with Crippen molar-refractivity contribution in [3.8, 4) is 0 Å². The van der Waals surface area contributed by atoms with Crippen molar-refractivity contribution >= 4 is 21.4 Å². The fourth-order valence-electron chi connectivity index (χ4n) is 1.79. The van der Waals surface area contributed by atoms with E-state index >= 15 is 0 Å². The number of rotatable bonds is 7. The number of anilines is 2. The molecule has 0 fully saturated rings. The lowest BCUT2D eigenvalue weighted by Crippen LogP contribution is -2.20. The summed E-state index contributed by atoms with van der Waals surface area (Å²) < 4.78 is 25.8. The largest absolute Gasteiger partial charge is 0.397 e. The van der Waals surface area contributed by atoms with Gasteiger partial charge in [-0.15, -0.1) is 0 Å². The molecule has 0 aromatic heterocycles. The summed E-state index contributed by atoms with van der Waals surface area (Å²) in [4.78, 5) is 0.217. The second kappa shape index (κ2) is 6.77. The van der Waals surface area contributed by atoms with Gasteiger partial charge in [-0.2, -0.15) is 0 Å². The van der Waals surface area contributed by atoms with Crippen LogP contribution in [0.2, 0.25) is 0 Å². The first-order valence-electron chi connectivity index (χ1n) is 6.50. The molecule has 0 bridgehead atoms. The van der Waals surface area contributed by atoms with Crippen molar-refractivity contribution in [3.63, 3.8) is 0 Å². The Labute approximate surface area is 115 Å². The topological polar surface area (TPSA) is 84.2 Å². The SMILES string of the molecule is CCCCC(C)Nc1cc(S(=O)(=O)NC)ccc1N. The van der Waals surface area contributed by atoms with Gasteiger partial charge in [0.1, 0.15) is 0 Å². The maximum absolute atomic E-state index is 11.7. The Morgan fingerprint density at radius 2 is 2.05 bits per heavy atom. The molecule has 1 rings (SSSR count). The first-order chi connectivity index (χ1) is 8.90. The monoisotopic (exact) mass is 285 g/mol. The second-order valence-electron chi connectivity index (χ2n) is 4.64. The zero-order chi connectivity index (χ0) is 14.5. The molecular formula is C13H23N3O2S. The smallest absolute Gasteiger partial charge is 0.240 e. The lowest BCUT2D eigenvalue weighted by molar-refractivity contribution is 0.588. The molecule has 0 radical (unpaired) electrons. The van der Waals surface area contributed by atoms with Crippen LogP contribution < -0.4 is 15.8 Å². The minimum absolute atomic E-state index is 0.217. The van der Waals surface area contributed by atoms with Crippen LogP contribution in [0.25, 0.3) is 0 Å². The van der Waals surface area contributed by atoms with Crippen molar-refractivity contribution in [1.29, 1.82) is 0 Å². The van der Waals surface area contributed by atoms with Gasteiger partial charge >= 0.3 is 0 Å². The number of hydrogen-bond acceptors (Lipinski definition) is 4. The Kier molecular flexibility index (Phi) is 5.62. The molecule has 0 saturated heterocycles. The Bertz CT molecular complexity index is 515. The molecule has 4 N–H and O–H groups in total. The third kappa shape index (κ3) is 4.40. The van der Waals surface area contributed by atoms with Crippen LogP contribution in [0.1, 0.15) is 33.1 Å². The highest BCUT2D eigenvalue weighted by Gasteiger charge is 2.14. The highest BCUT2D eigenvalue weighted by molar-refractivity contribution is 7.89. The zero-order valence-electron chi connectivity index (χ0n) is 11.7. The van der Waals surface area contributed by atoms with Gasteiger partial charge in [0.2, 0.25) is 10.0 Å². The molecular weight excluding hydrogens is 262 g/mol. The highest BCUT2D eigenvalue weighted by Crippen LogP contribution is 2.24. The average molecular weight is 285 g/mol. The molecule has 1 atom stereocenters. The Morgan fingerprint density at radius 1 is 1.37 bits per heavy atom. The quantitative estimate of drug-likeness (QED) is 0.670. The molecule has 0 aliphatic rings. The number of hydrogen-bond donors (Lipinski definition) is 3. The van der Waals surface area contributed by atoms with Gasteiger partial charge in [0.25, 0.3) is 0 Å². The average Bonchev–Trinajstić information content (AvgIpc) is 2.38. The van der Waals surface area contributed by atoms with Crippen LogP contribution in [-0.4, -0.2) is 21.5 Å². The molecule has 0 amide bonds. The lowest BCUT2D eigenvalue weighted by Gasteiger charge is -2.17. The van der Waals surface area contributed by atoms with E-state index in [-0.39, 0.29) is 10.9 Å². The molecule has 0 spiro atoms. The van der Waals surface area contributed by atoms with E-state index in [2.05, 4.69) is 23.9 Å². The van der Waals surface area contributed by atoms with Crippen molar-refractivity contribution in [2.45, 2.75) is 44.0 Å². The molecule has 5 nitrogen and oxygen atoms in total. The molecule has 1 unspecified atom stereocenters. The van der Waals surface area contributed by atoms with E-state index in [1.165, 1.54) is 13.1 Å². The molecule has 0 aliphatic carbocycles. The summed E-state index contributed by atoms with van der Waals surface area (Å²) in [6.45, 7) is 4.20. The van der Waals surface area contributed by atoms with Gasteiger partial charge < -0.3 is 11.1 Å². The maximum atomic E-state index is 11.7. The van der Waals surface area contributed by atoms with E-state index in [0.717, 1.165) is 19.3 Å². The molecule has 19 heavy (non-hydrogen) atoms. The Hall–Kier alpha value is -1.27. The van der Waals surface area contributed by atoms with Gasteiger partial charge in [-0.25, -0.2) is 13.1 Å². The summed E-state index contributed by atoms with van der Waals surface area (Å²) in [5, 5.41) is 3.26. The van der Waals surface area contributed by atoms with Crippen molar-refractivity contribution < 1.29 is 8.42 Å². The van der Waals surface area contributed by atoms with E-state index in [1.807, 2.05) is 0 Å². The Morgan fingerprint density at radius 3 is 2.63 bits per heavy atom. The fourth-order valence-corrected chi connectivity index (χ4v) is 2.55. The summed E-state index contributed by atoms with van der Waals surface area (Å²) >= 11 is 0. The van der Waals surface area contributed by atoms with Crippen molar-refractivity contribution in [1.82, 2.24) is 4.72 Å². The highest BCUT2D eigenvalue weighted by atomic mass is 32.2. The number of benzene rings is 1. The van der Waals surface area contributed by atoms with Gasteiger partial charge in [0.05, 0.1) is 16.3 Å². The number of sulfonamides is 1. The first kappa shape index (κ1) is 15.8. The van der Waals surface area contributed by atoms with Gasteiger partial charge in [-0.3, -0.25) is 0 Å². The van der Waals surface area contributed by atoms with E-state index in [0.29, 0.717) is 11.4 Å². The Balaban J connectivity index is 2.92. The van der Waals surface area contributed by atoms with Crippen LogP contribution in [0.4, 0.5) is 11.4 Å². The molecule has 0 aliphatic heterocycles. The van der Waals surface area contributed by atoms with E-state index in [4.69, 9.17) is 5.73 Å². The number of unbranched alkanes of at least 4 members (excludes halogenated alkanes) is 1. The van der Waals surface area contributed by atoms with E-state index < -0.39 is 10.0 Å². The number of nitrogen functional groups attached to an aromatic ring is 1. The van der Waals surface area contributed by atoms with Gasteiger partial charge in [0, 0.05) is 6.04 Å². The van der Waals surface area contributed by atoms with Crippen LogP contribution in [-0.2, 0) is 10.0 Å². The lowest BCUT2D eigenvalue weighted by atomic mass is 10.1. The minimum atomic E-state index is -3.44. The van der Waals surface area contributed by atoms with Crippen LogP contribution >= 0.6 is 0 Å². The van der Waals surface area contributed by atoms with Gasteiger partial charge in [-0.05, 0) is 38.6 Å². The van der Waals surface area contributed by atoms with E-state index in [9.17, 15) is 8.42 Å². The third-order valence-corrected chi connectivity index (χ3v) is 4.41. The molecule has 6 heteroatoms. The first-order valence-corrected chi connectivity index (χ1v) is 7.98. The summed E-state index contributed by atoms with van der Waals surface area (Å²) in [5.41, 5.74) is 7.09. The van der Waals surface area contributed by atoms with Crippen molar-refractivity contribution in [3.05, 3.63) is 18.2 Å². The number of nitrogens with one attached hydrogen (secondary N) is 2. The number of nitrogens with two attached hydrogens (primary N) is 1. The predicted octanol–water partition coefficient (Wildman–Crippen LogP) is 2.17. The van der Waals surface area contributed by atoms with Crippen LogP contribution in [0, 0.1) is 0 Å². The molecule has 1 aromatic rings. The standard InChI is InChI=1S/C13H23N3O2S/c1-4-5-6-10(2)16-13-9-11(7-8-12(13)14)19(17,18)15-3/h7-10,15-16H,4-6,14H2,1-3H3. The molecule has 0 saturated carbocycles. The summed E-state index contributed by atoms with van der Waals surface area (Å²) in [6, 6.07) is 4.95. The summed E-state index contributed by atoms with van der Waals surface area (Å²) in [5.74, 6) is 0. The predicted molar refractivity (Wildman–Crippen MR) is 79.7 cm³/mol. The summed E-state index contributed by atoms with van der Waals surface area (Å²) in [6.07, 6.45) is 3.29. The maximum Gasteiger partial charge on any atom is 0.240 e. The van der Waals surface area contributed by atoms with Crippen molar-refractivity contribution in [2.24, 2.45) is 0 Å². The minimum Gasteiger partial charge on any atom is -0.397 e. The fraction of sp³-hybridized carbons (Fsp3) is 0.538. The zero-order valence-corrected chi connectivity index (χ0v) is 12.5. The second-order valence-corrected chi connectivity index (χ2v) is 6.53. The summed E-state index contributed by atoms with van der Waals surface area (Å²) in [7, 11) is -2.04. The normalized spacial score (nSPS) is 13.2. The van der Waals surface area contributed by atoms with Crippen molar-refractivity contribution in [2.75, 3.05) is 18.1 Å².